The van der Waals surface area contributed by atoms with Crippen molar-refractivity contribution in [3.05, 3.63) is 23.6 Å². The first-order valence-electron chi connectivity index (χ1n) is 2.83. The van der Waals surface area contributed by atoms with Crippen LogP contribution in [-0.4, -0.2) is 0 Å². The van der Waals surface area contributed by atoms with Crippen LogP contribution in [0.1, 0.15) is 5.56 Å². The lowest BCUT2D eigenvalue weighted by Crippen LogP contribution is -2.47. The molecule has 4 heteroatoms. The summed E-state index contributed by atoms with van der Waals surface area (Å²) in [5.74, 6) is 4.74. The minimum absolute atomic E-state index is 0.0504. The molecule has 0 saturated carbocycles. The fraction of sp³-hybridized carbons (Fsp3) is 0.167. The summed E-state index contributed by atoms with van der Waals surface area (Å²) in [6, 6.07) is 1.33. The lowest BCUT2D eigenvalue weighted by Gasteiger charge is -1.96. The van der Waals surface area contributed by atoms with Gasteiger partial charge >= 0.3 is 5.82 Å². The van der Waals surface area contributed by atoms with Crippen LogP contribution in [0.5, 0.6) is 0 Å². The van der Waals surface area contributed by atoms with Gasteiger partial charge in [0.1, 0.15) is 6.20 Å². The van der Waals surface area contributed by atoms with Crippen molar-refractivity contribution in [3.8, 4) is 0 Å². The Morgan fingerprint density at radius 2 is 2.20 bits per heavy atom. The number of aryl methyl sites for hydroxylation is 1. The zero-order valence-electron chi connectivity index (χ0n) is 5.63. The number of nitrogens with two attached hydrogens (primary N) is 2. The molecule has 0 spiro atoms. The normalized spacial score (nSPS) is 9.80. The maximum Gasteiger partial charge on any atom is 0.332 e. The zero-order chi connectivity index (χ0) is 7.72. The van der Waals surface area contributed by atoms with E-state index in [0.717, 1.165) is 10.2 Å². The third-order valence-electron chi connectivity index (χ3n) is 1.22. The summed E-state index contributed by atoms with van der Waals surface area (Å²) in [7, 11) is 0. The molecule has 0 aromatic carbocycles. The number of halogens is 1. The molecule has 0 aliphatic rings. The van der Waals surface area contributed by atoms with Crippen LogP contribution in [0.2, 0.25) is 0 Å². The molecule has 1 aromatic heterocycles. The smallest absolute Gasteiger partial charge is 0.283 e. The van der Waals surface area contributed by atoms with Crippen LogP contribution in [0.4, 0.5) is 10.2 Å². The first-order chi connectivity index (χ1) is 4.61. The Hall–Kier alpha value is -1.32. The van der Waals surface area contributed by atoms with Gasteiger partial charge in [0, 0.05) is 0 Å². The monoisotopic (exact) mass is 142 g/mol. The van der Waals surface area contributed by atoms with Crippen molar-refractivity contribution in [3.63, 3.8) is 0 Å². The molecule has 0 aliphatic heterocycles. The maximum absolute atomic E-state index is 12.6. The molecule has 4 N–H and O–H groups in total. The van der Waals surface area contributed by atoms with Crippen molar-refractivity contribution in [2.24, 2.45) is 0 Å². The van der Waals surface area contributed by atoms with Gasteiger partial charge < -0.3 is 0 Å². The Morgan fingerprint density at radius 1 is 1.60 bits per heavy atom. The molecule has 54 valence electrons. The number of hydrogen-bond donors (Lipinski definition) is 2. The molecule has 0 radical (unpaired) electrons. The number of nitrogen functional groups attached to an aromatic ring is 2. The Labute approximate surface area is 58.0 Å². The molecule has 1 heterocycles. The van der Waals surface area contributed by atoms with E-state index < -0.39 is 5.82 Å². The van der Waals surface area contributed by atoms with Gasteiger partial charge in [-0.05, 0) is 18.6 Å². The molecule has 0 amide bonds. The fourth-order valence-electron chi connectivity index (χ4n) is 0.723. The summed E-state index contributed by atoms with van der Waals surface area (Å²) in [5, 5.41) is 0. The summed E-state index contributed by atoms with van der Waals surface area (Å²) in [6.45, 7) is 1.74. The molecule has 0 fully saturated rings. The third kappa shape index (κ3) is 1.00. The molecule has 0 aliphatic carbocycles. The van der Waals surface area contributed by atoms with E-state index in [4.69, 9.17) is 11.6 Å². The third-order valence-corrected chi connectivity index (χ3v) is 1.22. The Bertz CT molecular complexity index is 236. The molecule has 1 rings (SSSR count). The van der Waals surface area contributed by atoms with E-state index in [1.54, 1.807) is 13.1 Å². The highest BCUT2D eigenvalue weighted by atomic mass is 19.1. The second-order valence-electron chi connectivity index (χ2n) is 2.16. The number of aromatic nitrogens is 1. The van der Waals surface area contributed by atoms with Crippen LogP contribution in [0.15, 0.2) is 12.3 Å². The van der Waals surface area contributed by atoms with Gasteiger partial charge in [0.15, 0.2) is 0 Å². The van der Waals surface area contributed by atoms with Gasteiger partial charge in [0.2, 0.25) is 5.82 Å². The first-order valence-corrected chi connectivity index (χ1v) is 2.83. The van der Waals surface area contributed by atoms with E-state index in [1.807, 2.05) is 0 Å². The Balaban J connectivity index is 3.31. The largest absolute Gasteiger partial charge is 0.332 e. The number of nitrogens with zero attached hydrogens (tertiary/aromatic N) is 1. The van der Waals surface area contributed by atoms with Crippen LogP contribution in [0, 0.1) is 12.7 Å². The van der Waals surface area contributed by atoms with Crippen molar-refractivity contribution in [2.75, 3.05) is 11.6 Å². The molecule has 0 bridgehead atoms. The van der Waals surface area contributed by atoms with Gasteiger partial charge in [-0.1, -0.05) is 0 Å². The van der Waals surface area contributed by atoms with Gasteiger partial charge in [-0.3, -0.25) is 11.6 Å². The molecule has 3 nitrogen and oxygen atoms in total. The lowest BCUT2D eigenvalue weighted by atomic mass is 10.3. The van der Waals surface area contributed by atoms with Gasteiger partial charge in [-0.2, -0.15) is 4.39 Å². The summed E-state index contributed by atoms with van der Waals surface area (Å²) >= 11 is 0. The summed E-state index contributed by atoms with van der Waals surface area (Å²) in [6.07, 6.45) is 1.55. The first kappa shape index (κ1) is 6.80. The maximum atomic E-state index is 12.6. The SMILES string of the molecule is Cc1cc(F)c(N)[n+](N)c1. The van der Waals surface area contributed by atoms with E-state index in [9.17, 15) is 4.39 Å². The molecule has 0 atom stereocenters. The minimum atomic E-state index is -0.484. The molecule has 0 unspecified atom stereocenters. The topological polar surface area (TPSA) is 55.9 Å². The lowest BCUT2D eigenvalue weighted by molar-refractivity contribution is -0.625. The van der Waals surface area contributed by atoms with Gasteiger partial charge in [-0.25, -0.2) is 0 Å². The zero-order valence-corrected chi connectivity index (χ0v) is 5.63. The quantitative estimate of drug-likeness (QED) is 0.386. The highest BCUT2D eigenvalue weighted by Crippen LogP contribution is 2.03. The highest BCUT2D eigenvalue weighted by Gasteiger charge is 2.08. The van der Waals surface area contributed by atoms with Gasteiger partial charge in [0.25, 0.3) is 0 Å². The van der Waals surface area contributed by atoms with E-state index in [2.05, 4.69) is 0 Å². The van der Waals surface area contributed by atoms with E-state index >= 15 is 0 Å². The average Bonchev–Trinajstić information content (AvgIpc) is 1.82. The Morgan fingerprint density at radius 3 is 2.70 bits per heavy atom. The van der Waals surface area contributed by atoms with E-state index in [1.165, 1.54) is 6.07 Å². The van der Waals surface area contributed by atoms with Crippen molar-refractivity contribution < 1.29 is 9.07 Å². The number of pyridine rings is 1. The van der Waals surface area contributed by atoms with Crippen molar-refractivity contribution >= 4 is 5.82 Å². The molecular formula is C6H9FN3+. The minimum Gasteiger partial charge on any atom is -0.283 e. The van der Waals surface area contributed by atoms with Crippen LogP contribution in [-0.2, 0) is 0 Å². The molecular weight excluding hydrogens is 133 g/mol. The van der Waals surface area contributed by atoms with Crippen LogP contribution in [0.3, 0.4) is 0 Å². The predicted octanol–water partition coefficient (Wildman–Crippen LogP) is -0.282. The van der Waals surface area contributed by atoms with Gasteiger partial charge in [0.05, 0.1) is 0 Å². The standard InChI is InChI=1S/C6H8FN3/c1-4-2-5(7)6(8)10(9)3-4/h2-3,8H,9H2,1H3/p+1. The van der Waals surface area contributed by atoms with E-state index in [0.29, 0.717) is 0 Å². The average molecular weight is 142 g/mol. The second kappa shape index (κ2) is 2.13. The summed E-state index contributed by atoms with van der Waals surface area (Å²) < 4.78 is 13.7. The van der Waals surface area contributed by atoms with Crippen LogP contribution >= 0.6 is 0 Å². The molecule has 10 heavy (non-hydrogen) atoms. The van der Waals surface area contributed by atoms with Crippen molar-refractivity contribution in [1.82, 2.24) is 0 Å². The fourth-order valence-corrected chi connectivity index (χ4v) is 0.723. The predicted molar refractivity (Wildman–Crippen MR) is 35.9 cm³/mol. The van der Waals surface area contributed by atoms with Crippen molar-refractivity contribution in [1.29, 1.82) is 0 Å². The van der Waals surface area contributed by atoms with E-state index in [-0.39, 0.29) is 5.82 Å². The Kier molecular flexibility index (Phi) is 1.45. The second-order valence-corrected chi connectivity index (χ2v) is 2.16. The number of anilines is 1. The molecule has 0 saturated heterocycles. The summed E-state index contributed by atoms with van der Waals surface area (Å²) in [5.41, 5.74) is 5.96. The van der Waals surface area contributed by atoms with Crippen molar-refractivity contribution in [2.45, 2.75) is 6.92 Å². The molecule has 1 aromatic rings. The number of hydrogen-bond acceptors (Lipinski definition) is 2. The number of rotatable bonds is 0. The summed E-state index contributed by atoms with van der Waals surface area (Å²) in [4.78, 5) is 0. The van der Waals surface area contributed by atoms with Crippen LogP contribution in [0.25, 0.3) is 0 Å². The highest BCUT2D eigenvalue weighted by molar-refractivity contribution is 5.25. The van der Waals surface area contributed by atoms with Gasteiger partial charge in [-0.15, -0.1) is 4.68 Å². The van der Waals surface area contributed by atoms with Crippen LogP contribution < -0.4 is 16.3 Å².